The van der Waals surface area contributed by atoms with Gasteiger partial charge in [0.2, 0.25) is 0 Å². The third kappa shape index (κ3) is 2.47. The Morgan fingerprint density at radius 3 is 2.29 bits per heavy atom. The minimum absolute atomic E-state index is 0.130. The van der Waals surface area contributed by atoms with E-state index in [0.717, 1.165) is 17.8 Å². The van der Waals surface area contributed by atoms with Gasteiger partial charge in [0.25, 0.3) is 0 Å². The molecule has 0 spiro atoms. The van der Waals surface area contributed by atoms with E-state index < -0.39 is 0 Å². The van der Waals surface area contributed by atoms with Crippen molar-refractivity contribution in [3.63, 3.8) is 0 Å². The third-order valence-electron chi connectivity index (χ3n) is 3.09. The van der Waals surface area contributed by atoms with Crippen molar-refractivity contribution in [2.24, 2.45) is 0 Å². The standard InChI is InChI=1S/C15H17NO/c1-11-4-6-14(7-5-11)10-16-9-8-15(12(16)2)13(3)17/h4-9H,10H2,1-3H3. The first-order valence-electron chi connectivity index (χ1n) is 5.80. The summed E-state index contributed by atoms with van der Waals surface area (Å²) >= 11 is 0. The van der Waals surface area contributed by atoms with Crippen LogP contribution < -0.4 is 0 Å². The Morgan fingerprint density at radius 1 is 1.12 bits per heavy atom. The van der Waals surface area contributed by atoms with Crippen molar-refractivity contribution in [3.05, 3.63) is 58.9 Å². The number of rotatable bonds is 3. The molecule has 17 heavy (non-hydrogen) atoms. The van der Waals surface area contributed by atoms with Gasteiger partial charge in [-0.15, -0.1) is 0 Å². The normalized spacial score (nSPS) is 10.5. The van der Waals surface area contributed by atoms with E-state index in [1.807, 2.05) is 19.2 Å². The first-order chi connectivity index (χ1) is 8.08. The van der Waals surface area contributed by atoms with Gasteiger partial charge in [-0.2, -0.15) is 0 Å². The molecule has 0 fully saturated rings. The van der Waals surface area contributed by atoms with Gasteiger partial charge in [0.15, 0.2) is 5.78 Å². The summed E-state index contributed by atoms with van der Waals surface area (Å²) in [7, 11) is 0. The predicted molar refractivity (Wildman–Crippen MR) is 69.5 cm³/mol. The van der Waals surface area contributed by atoms with Crippen molar-refractivity contribution in [3.8, 4) is 0 Å². The number of carbonyl (C=O) groups is 1. The first kappa shape index (κ1) is 11.6. The first-order valence-corrected chi connectivity index (χ1v) is 5.80. The molecule has 1 aromatic carbocycles. The number of hydrogen-bond donors (Lipinski definition) is 0. The number of benzene rings is 1. The highest BCUT2D eigenvalue weighted by Gasteiger charge is 2.08. The Bertz CT molecular complexity index is 535. The predicted octanol–water partition coefficient (Wildman–Crippen LogP) is 3.36. The Hall–Kier alpha value is -1.83. The van der Waals surface area contributed by atoms with Crippen LogP contribution >= 0.6 is 0 Å². The molecule has 0 aliphatic heterocycles. The zero-order valence-corrected chi connectivity index (χ0v) is 10.5. The molecule has 2 aromatic rings. The van der Waals surface area contributed by atoms with Gasteiger partial charge in [0, 0.05) is 24.0 Å². The minimum Gasteiger partial charge on any atom is -0.347 e. The van der Waals surface area contributed by atoms with Crippen molar-refractivity contribution in [2.75, 3.05) is 0 Å². The maximum Gasteiger partial charge on any atom is 0.161 e. The van der Waals surface area contributed by atoms with Crippen LogP contribution in [0, 0.1) is 13.8 Å². The number of aryl methyl sites for hydroxylation is 1. The Kier molecular flexibility index (Phi) is 3.14. The van der Waals surface area contributed by atoms with Crippen LogP contribution in [-0.2, 0) is 6.54 Å². The van der Waals surface area contributed by atoms with Crippen LogP contribution in [0.1, 0.15) is 34.1 Å². The molecule has 1 aromatic heterocycles. The van der Waals surface area contributed by atoms with Crippen LogP contribution in [0.3, 0.4) is 0 Å². The zero-order chi connectivity index (χ0) is 12.4. The molecule has 2 nitrogen and oxygen atoms in total. The Labute approximate surface area is 102 Å². The molecule has 0 saturated heterocycles. The SMILES string of the molecule is CC(=O)c1ccn(Cc2ccc(C)cc2)c1C. The van der Waals surface area contributed by atoms with Crippen molar-refractivity contribution in [1.82, 2.24) is 4.57 Å². The van der Waals surface area contributed by atoms with Crippen LogP contribution in [-0.4, -0.2) is 10.4 Å². The topological polar surface area (TPSA) is 22.0 Å². The van der Waals surface area contributed by atoms with Gasteiger partial charge in [-0.25, -0.2) is 0 Å². The molecule has 88 valence electrons. The second kappa shape index (κ2) is 4.58. The van der Waals surface area contributed by atoms with Gasteiger partial charge < -0.3 is 4.57 Å². The van der Waals surface area contributed by atoms with E-state index in [1.165, 1.54) is 11.1 Å². The summed E-state index contributed by atoms with van der Waals surface area (Å²) in [5, 5.41) is 0. The zero-order valence-electron chi connectivity index (χ0n) is 10.5. The molecule has 0 atom stereocenters. The third-order valence-corrected chi connectivity index (χ3v) is 3.09. The lowest BCUT2D eigenvalue weighted by molar-refractivity contribution is 0.101. The minimum atomic E-state index is 0.130. The summed E-state index contributed by atoms with van der Waals surface area (Å²) < 4.78 is 2.11. The smallest absolute Gasteiger partial charge is 0.161 e. The average molecular weight is 227 g/mol. The van der Waals surface area contributed by atoms with Gasteiger partial charge in [0.1, 0.15) is 0 Å². The van der Waals surface area contributed by atoms with Crippen molar-refractivity contribution < 1.29 is 4.79 Å². The molecule has 0 saturated carbocycles. The summed E-state index contributed by atoms with van der Waals surface area (Å²) in [5.41, 5.74) is 4.38. The van der Waals surface area contributed by atoms with E-state index in [0.29, 0.717) is 0 Å². The summed E-state index contributed by atoms with van der Waals surface area (Å²) in [6, 6.07) is 10.4. The van der Waals surface area contributed by atoms with Crippen molar-refractivity contribution >= 4 is 5.78 Å². The number of aromatic nitrogens is 1. The van der Waals surface area contributed by atoms with Crippen LogP contribution in [0.4, 0.5) is 0 Å². The number of carbonyl (C=O) groups excluding carboxylic acids is 1. The van der Waals surface area contributed by atoms with E-state index >= 15 is 0 Å². The summed E-state index contributed by atoms with van der Waals surface area (Å²) in [6.45, 7) is 6.50. The van der Waals surface area contributed by atoms with Crippen LogP contribution in [0.5, 0.6) is 0 Å². The number of hydrogen-bond acceptors (Lipinski definition) is 1. The fourth-order valence-electron chi connectivity index (χ4n) is 1.99. The molecule has 2 heteroatoms. The molecule has 2 rings (SSSR count). The summed E-state index contributed by atoms with van der Waals surface area (Å²) in [5.74, 6) is 0.130. The fourth-order valence-corrected chi connectivity index (χ4v) is 1.99. The molecule has 1 heterocycles. The van der Waals surface area contributed by atoms with Crippen molar-refractivity contribution in [1.29, 1.82) is 0 Å². The number of ketones is 1. The highest BCUT2D eigenvalue weighted by molar-refractivity contribution is 5.95. The molecular formula is C15H17NO. The lowest BCUT2D eigenvalue weighted by Crippen LogP contribution is -2.02. The molecule has 0 bridgehead atoms. The van der Waals surface area contributed by atoms with E-state index in [9.17, 15) is 4.79 Å². The number of Topliss-reactive ketones (excluding diaryl/α,β-unsaturated/α-hetero) is 1. The highest BCUT2D eigenvalue weighted by atomic mass is 16.1. The molecular weight excluding hydrogens is 210 g/mol. The monoisotopic (exact) mass is 227 g/mol. The summed E-state index contributed by atoms with van der Waals surface area (Å²) in [4.78, 5) is 11.4. The van der Waals surface area contributed by atoms with Gasteiger partial charge in [-0.1, -0.05) is 29.8 Å². The summed E-state index contributed by atoms with van der Waals surface area (Å²) in [6.07, 6.45) is 1.98. The van der Waals surface area contributed by atoms with Gasteiger partial charge in [-0.05, 0) is 32.4 Å². The fraction of sp³-hybridized carbons (Fsp3) is 0.267. The number of nitrogens with zero attached hydrogens (tertiary/aromatic N) is 1. The quantitative estimate of drug-likeness (QED) is 0.737. The van der Waals surface area contributed by atoms with E-state index in [2.05, 4.69) is 35.8 Å². The van der Waals surface area contributed by atoms with Crippen molar-refractivity contribution in [2.45, 2.75) is 27.3 Å². The maximum atomic E-state index is 11.4. The van der Waals surface area contributed by atoms with E-state index in [4.69, 9.17) is 0 Å². The molecule has 0 aliphatic rings. The van der Waals surface area contributed by atoms with Gasteiger partial charge in [0.05, 0.1) is 0 Å². The largest absolute Gasteiger partial charge is 0.347 e. The molecule has 0 unspecified atom stereocenters. The molecule has 0 aliphatic carbocycles. The van der Waals surface area contributed by atoms with Crippen LogP contribution in [0.2, 0.25) is 0 Å². The second-order valence-electron chi connectivity index (χ2n) is 4.48. The molecule has 0 N–H and O–H groups in total. The lowest BCUT2D eigenvalue weighted by atomic mass is 10.1. The molecule has 0 amide bonds. The molecule has 0 radical (unpaired) electrons. The van der Waals surface area contributed by atoms with Crippen LogP contribution in [0.15, 0.2) is 36.5 Å². The van der Waals surface area contributed by atoms with Gasteiger partial charge >= 0.3 is 0 Å². The second-order valence-corrected chi connectivity index (χ2v) is 4.48. The van der Waals surface area contributed by atoms with Gasteiger partial charge in [-0.3, -0.25) is 4.79 Å². The average Bonchev–Trinajstić information content (AvgIpc) is 2.64. The van der Waals surface area contributed by atoms with E-state index in [1.54, 1.807) is 6.92 Å². The Balaban J connectivity index is 2.24. The lowest BCUT2D eigenvalue weighted by Gasteiger charge is -2.07. The van der Waals surface area contributed by atoms with E-state index in [-0.39, 0.29) is 5.78 Å². The Morgan fingerprint density at radius 2 is 1.76 bits per heavy atom. The maximum absolute atomic E-state index is 11.4. The van der Waals surface area contributed by atoms with Crippen LogP contribution in [0.25, 0.3) is 0 Å². The highest BCUT2D eigenvalue weighted by Crippen LogP contribution is 2.13.